The number of hydrogen-bond acceptors (Lipinski definition) is 7. The molecule has 0 aliphatic carbocycles. The number of nitro benzene ring substituents is 1. The van der Waals surface area contributed by atoms with Crippen molar-refractivity contribution in [1.82, 2.24) is 9.55 Å². The van der Waals surface area contributed by atoms with Gasteiger partial charge in [0.25, 0.3) is 5.69 Å². The maximum absolute atomic E-state index is 13.2. The number of nitro groups is 1. The smallest absolute Gasteiger partial charge is 0.338 e. The first-order valence-electron chi connectivity index (χ1n) is 11.3. The largest absolute Gasteiger partial charge is 0.453 e. The Hall–Kier alpha value is -3.99. The van der Waals surface area contributed by atoms with Crippen molar-refractivity contribution in [3.05, 3.63) is 112 Å². The topological polar surface area (TPSA) is 128 Å². The zero-order valence-corrected chi connectivity index (χ0v) is 19.6. The third-order valence-corrected chi connectivity index (χ3v) is 8.79. The molecule has 10 heteroatoms. The molecule has 0 amide bonds. The molecule has 0 saturated carbocycles. The van der Waals surface area contributed by atoms with E-state index in [0.29, 0.717) is 10.5 Å². The average molecular weight is 504 g/mol. The van der Waals surface area contributed by atoms with Crippen LogP contribution in [-0.4, -0.2) is 35.3 Å². The molecule has 0 bridgehead atoms. The second-order valence-corrected chi connectivity index (χ2v) is 11.0. The number of carbonyl (C=O) groups is 1. The number of non-ortho nitro benzene ring substituents is 1. The molecule has 2 aliphatic rings. The Balaban J connectivity index is 1.45. The summed E-state index contributed by atoms with van der Waals surface area (Å²) >= 11 is 0. The maximum atomic E-state index is 13.2. The van der Waals surface area contributed by atoms with Crippen LogP contribution in [0.25, 0.3) is 11.3 Å². The molecular weight excluding hydrogens is 482 g/mol. The van der Waals surface area contributed by atoms with Gasteiger partial charge in [0.1, 0.15) is 6.10 Å². The molecule has 0 spiro atoms. The van der Waals surface area contributed by atoms with Gasteiger partial charge in [-0.3, -0.25) is 19.2 Å². The SMILES string of the molecule is O=C(OC1c2ccccc2S(O)(O)CC1C1c2ccccc2-c2cncn21)c1ccc([N+](=O)[O-])cc1. The highest BCUT2D eigenvalue weighted by molar-refractivity contribution is 8.24. The molecule has 3 atom stereocenters. The molecule has 2 N–H and O–H groups in total. The summed E-state index contributed by atoms with van der Waals surface area (Å²) in [4.78, 5) is 28.4. The predicted molar refractivity (Wildman–Crippen MR) is 133 cm³/mol. The van der Waals surface area contributed by atoms with Crippen molar-refractivity contribution in [3.63, 3.8) is 0 Å². The van der Waals surface area contributed by atoms with E-state index < -0.39 is 33.5 Å². The molecule has 0 fully saturated rings. The zero-order chi connectivity index (χ0) is 25.0. The molecule has 3 unspecified atom stereocenters. The molecule has 3 aromatic carbocycles. The van der Waals surface area contributed by atoms with Gasteiger partial charge in [-0.1, -0.05) is 42.5 Å². The summed E-state index contributed by atoms with van der Waals surface area (Å²) in [6.07, 6.45) is 2.68. The summed E-state index contributed by atoms with van der Waals surface area (Å²) < 4.78 is 30.4. The Labute approximate surface area is 207 Å². The Morgan fingerprint density at radius 2 is 1.72 bits per heavy atom. The fraction of sp³-hybridized carbons (Fsp3) is 0.154. The second-order valence-electron chi connectivity index (χ2n) is 8.88. The van der Waals surface area contributed by atoms with Crippen LogP contribution in [0.2, 0.25) is 0 Å². The standard InChI is InChI=1S/C26H21N3O6S/c30-26(16-9-11-17(12-10-16)29(31)32)35-25-20-7-3-4-8-23(20)36(33,34)14-21(25)24-19-6-2-1-5-18(19)22-13-27-15-28(22)24/h1-13,15,21,24-25,33-34H,14H2. The van der Waals surface area contributed by atoms with Crippen molar-refractivity contribution in [1.29, 1.82) is 0 Å². The minimum atomic E-state index is -3.17. The first-order chi connectivity index (χ1) is 17.3. The summed E-state index contributed by atoms with van der Waals surface area (Å²) in [6, 6.07) is 19.6. The Morgan fingerprint density at radius 3 is 2.47 bits per heavy atom. The highest BCUT2D eigenvalue weighted by Crippen LogP contribution is 2.62. The van der Waals surface area contributed by atoms with Crippen LogP contribution in [0.15, 0.2) is 90.2 Å². The van der Waals surface area contributed by atoms with E-state index in [2.05, 4.69) is 4.98 Å². The minimum absolute atomic E-state index is 0.00115. The van der Waals surface area contributed by atoms with Crippen LogP contribution in [-0.2, 0) is 4.74 Å². The molecule has 4 aromatic rings. The minimum Gasteiger partial charge on any atom is -0.453 e. The normalized spacial score (nSPS) is 22.1. The van der Waals surface area contributed by atoms with Crippen molar-refractivity contribution < 1.29 is 23.6 Å². The molecule has 182 valence electrons. The van der Waals surface area contributed by atoms with E-state index in [4.69, 9.17) is 4.74 Å². The van der Waals surface area contributed by atoms with E-state index in [9.17, 15) is 24.0 Å². The quantitative estimate of drug-likeness (QED) is 0.208. The van der Waals surface area contributed by atoms with Gasteiger partial charge in [0, 0.05) is 29.2 Å². The molecule has 0 saturated heterocycles. The summed E-state index contributed by atoms with van der Waals surface area (Å²) in [5.74, 6) is -1.16. The van der Waals surface area contributed by atoms with Crippen molar-refractivity contribution in [2.45, 2.75) is 17.0 Å². The van der Waals surface area contributed by atoms with E-state index in [-0.39, 0.29) is 23.0 Å². The van der Waals surface area contributed by atoms with Crippen LogP contribution in [0.1, 0.15) is 33.6 Å². The number of rotatable bonds is 4. The summed E-state index contributed by atoms with van der Waals surface area (Å²) in [6.45, 7) is 0. The van der Waals surface area contributed by atoms with E-state index in [1.807, 2.05) is 28.8 Å². The summed E-state index contributed by atoms with van der Waals surface area (Å²) in [7, 11) is -3.17. The van der Waals surface area contributed by atoms with Gasteiger partial charge in [0.05, 0.1) is 45.4 Å². The number of carbonyl (C=O) groups excluding carboxylic acids is 1. The Morgan fingerprint density at radius 1 is 1.03 bits per heavy atom. The lowest BCUT2D eigenvalue weighted by Gasteiger charge is -2.47. The Kier molecular flexibility index (Phi) is 5.18. The fourth-order valence-electron chi connectivity index (χ4n) is 5.31. The third kappa shape index (κ3) is 3.49. The number of aromatic nitrogens is 2. The van der Waals surface area contributed by atoms with Crippen molar-refractivity contribution in [2.24, 2.45) is 5.92 Å². The van der Waals surface area contributed by atoms with Gasteiger partial charge >= 0.3 is 5.97 Å². The molecule has 1 aromatic heterocycles. The van der Waals surface area contributed by atoms with E-state index in [1.165, 1.54) is 24.3 Å². The van der Waals surface area contributed by atoms with Crippen molar-refractivity contribution in [3.8, 4) is 11.3 Å². The van der Waals surface area contributed by atoms with Crippen LogP contribution in [0.4, 0.5) is 5.69 Å². The van der Waals surface area contributed by atoms with Gasteiger partial charge in [-0.05, 0) is 23.8 Å². The monoisotopic (exact) mass is 503 g/mol. The number of imidazole rings is 1. The number of nitrogens with zero attached hydrogens (tertiary/aromatic N) is 3. The van der Waals surface area contributed by atoms with E-state index >= 15 is 0 Å². The number of fused-ring (bicyclic) bond motifs is 4. The number of hydrogen-bond donors (Lipinski definition) is 2. The molecule has 6 rings (SSSR count). The van der Waals surface area contributed by atoms with Crippen LogP contribution in [0.3, 0.4) is 0 Å². The van der Waals surface area contributed by atoms with E-state index in [1.54, 1.807) is 36.8 Å². The average Bonchev–Trinajstić information content (AvgIpc) is 3.47. The van der Waals surface area contributed by atoms with Gasteiger partial charge < -0.3 is 9.30 Å². The third-order valence-electron chi connectivity index (χ3n) is 6.87. The summed E-state index contributed by atoms with van der Waals surface area (Å²) in [5, 5.41) is 11.0. The lowest BCUT2D eigenvalue weighted by atomic mass is 9.86. The van der Waals surface area contributed by atoms with Crippen LogP contribution in [0, 0.1) is 16.0 Å². The molecular formula is C26H21N3O6S. The van der Waals surface area contributed by atoms with Gasteiger partial charge in [-0.25, -0.2) is 9.78 Å². The lowest BCUT2D eigenvalue weighted by Crippen LogP contribution is -2.36. The zero-order valence-electron chi connectivity index (χ0n) is 18.8. The molecule has 2 aliphatic heterocycles. The van der Waals surface area contributed by atoms with Crippen molar-refractivity contribution >= 4 is 22.2 Å². The van der Waals surface area contributed by atoms with Gasteiger partial charge in [-0.15, -0.1) is 0 Å². The highest BCUT2D eigenvalue weighted by Gasteiger charge is 2.47. The van der Waals surface area contributed by atoms with Gasteiger partial charge in [0.2, 0.25) is 0 Å². The highest BCUT2D eigenvalue weighted by atomic mass is 32.3. The van der Waals surface area contributed by atoms with Crippen molar-refractivity contribution in [2.75, 3.05) is 5.75 Å². The summed E-state index contributed by atoms with van der Waals surface area (Å²) in [5.41, 5.74) is 3.48. The first kappa shape index (κ1) is 22.5. The molecule has 3 heterocycles. The van der Waals surface area contributed by atoms with E-state index in [0.717, 1.165) is 16.8 Å². The van der Waals surface area contributed by atoms with Gasteiger partial charge in [-0.2, -0.15) is 10.6 Å². The van der Waals surface area contributed by atoms with Crippen LogP contribution < -0.4 is 0 Å². The fourth-order valence-corrected chi connectivity index (χ4v) is 7.24. The number of esters is 1. The molecule has 0 radical (unpaired) electrons. The molecule has 9 nitrogen and oxygen atoms in total. The van der Waals surface area contributed by atoms with Crippen LogP contribution in [0.5, 0.6) is 0 Å². The lowest BCUT2D eigenvalue weighted by molar-refractivity contribution is -0.384. The van der Waals surface area contributed by atoms with Gasteiger partial charge in [0.15, 0.2) is 0 Å². The second kappa shape index (κ2) is 8.30. The van der Waals surface area contributed by atoms with Crippen LogP contribution >= 0.6 is 10.6 Å². The Bertz CT molecular complexity index is 1500. The first-order valence-corrected chi connectivity index (χ1v) is 13.0. The predicted octanol–water partition coefficient (Wildman–Crippen LogP) is 5.70. The maximum Gasteiger partial charge on any atom is 0.338 e. The number of ether oxygens (including phenoxy) is 1. The number of benzene rings is 3. The molecule has 36 heavy (non-hydrogen) atoms.